The Morgan fingerprint density at radius 3 is 2.88 bits per heavy atom. The topological polar surface area (TPSA) is 42.7 Å². The lowest BCUT2D eigenvalue weighted by molar-refractivity contribution is 0.712. The van der Waals surface area contributed by atoms with Crippen molar-refractivity contribution in [2.75, 3.05) is 7.05 Å². The number of aromatic nitrogens is 3. The molecule has 0 spiro atoms. The number of hydrogen-bond donors (Lipinski definition) is 1. The van der Waals surface area contributed by atoms with Crippen molar-refractivity contribution in [2.45, 2.75) is 6.54 Å². The molecule has 2 rings (SSSR count). The zero-order valence-electron chi connectivity index (χ0n) is 8.61. The van der Waals surface area contributed by atoms with Gasteiger partial charge in [0.2, 0.25) is 0 Å². The van der Waals surface area contributed by atoms with E-state index in [2.05, 4.69) is 47.5 Å². The number of halogens is 2. The van der Waals surface area contributed by atoms with E-state index >= 15 is 0 Å². The second-order valence-corrected chi connectivity index (χ2v) is 5.03. The normalized spacial score (nSPS) is 10.7. The molecule has 0 aliphatic carbocycles. The van der Waals surface area contributed by atoms with Crippen molar-refractivity contribution in [3.05, 3.63) is 39.0 Å². The van der Waals surface area contributed by atoms with Crippen LogP contribution in [0.25, 0.3) is 5.69 Å². The fourth-order valence-corrected chi connectivity index (χ4v) is 2.63. The summed E-state index contributed by atoms with van der Waals surface area (Å²) in [4.78, 5) is 0. The van der Waals surface area contributed by atoms with E-state index in [0.717, 1.165) is 26.9 Å². The Labute approximate surface area is 110 Å². The van der Waals surface area contributed by atoms with E-state index < -0.39 is 0 Å². The average Bonchev–Trinajstić information content (AvgIpc) is 2.67. The van der Waals surface area contributed by atoms with E-state index in [1.165, 1.54) is 0 Å². The summed E-state index contributed by atoms with van der Waals surface area (Å²) in [5.41, 5.74) is 2.00. The van der Waals surface area contributed by atoms with Crippen LogP contribution in [0, 0.1) is 0 Å². The zero-order valence-corrected chi connectivity index (χ0v) is 11.8. The summed E-state index contributed by atoms with van der Waals surface area (Å²) >= 11 is 6.94. The van der Waals surface area contributed by atoms with E-state index in [0.29, 0.717) is 0 Å². The molecule has 0 fully saturated rings. The number of hydrogen-bond acceptors (Lipinski definition) is 3. The van der Waals surface area contributed by atoms with Crippen molar-refractivity contribution in [3.8, 4) is 5.69 Å². The van der Waals surface area contributed by atoms with E-state index in [1.807, 2.05) is 29.9 Å². The molecule has 0 bridgehead atoms. The van der Waals surface area contributed by atoms with Gasteiger partial charge in [-0.15, -0.1) is 5.10 Å². The minimum atomic E-state index is 0.732. The van der Waals surface area contributed by atoms with Crippen LogP contribution in [0.2, 0.25) is 0 Å². The SMILES string of the molecule is CNCc1cnnn1-c1ccc(Br)cc1Br. The molecule has 0 radical (unpaired) electrons. The molecule has 16 heavy (non-hydrogen) atoms. The van der Waals surface area contributed by atoms with E-state index in [-0.39, 0.29) is 0 Å². The van der Waals surface area contributed by atoms with Gasteiger partial charge in [-0.25, -0.2) is 4.68 Å². The van der Waals surface area contributed by atoms with Gasteiger partial charge in [0.25, 0.3) is 0 Å². The predicted molar refractivity (Wildman–Crippen MR) is 69.5 cm³/mol. The second-order valence-electron chi connectivity index (χ2n) is 3.26. The Kier molecular flexibility index (Phi) is 3.73. The first kappa shape index (κ1) is 11.8. The number of benzene rings is 1. The van der Waals surface area contributed by atoms with Gasteiger partial charge in [-0.3, -0.25) is 0 Å². The van der Waals surface area contributed by atoms with Gasteiger partial charge < -0.3 is 5.32 Å². The fraction of sp³-hybridized carbons (Fsp3) is 0.200. The van der Waals surface area contributed by atoms with Crippen LogP contribution < -0.4 is 5.32 Å². The molecule has 0 saturated carbocycles. The second kappa shape index (κ2) is 5.07. The maximum Gasteiger partial charge on any atom is 0.0810 e. The molecule has 0 saturated heterocycles. The molecule has 0 aliphatic rings. The maximum absolute atomic E-state index is 4.08. The summed E-state index contributed by atoms with van der Waals surface area (Å²) in [6.45, 7) is 0.732. The number of nitrogens with one attached hydrogen (secondary N) is 1. The summed E-state index contributed by atoms with van der Waals surface area (Å²) < 4.78 is 3.82. The average molecular weight is 346 g/mol. The molecule has 1 heterocycles. The highest BCUT2D eigenvalue weighted by Crippen LogP contribution is 2.25. The lowest BCUT2D eigenvalue weighted by Gasteiger charge is -2.08. The number of rotatable bonds is 3. The summed E-state index contributed by atoms with van der Waals surface area (Å²) in [5, 5.41) is 11.1. The third-order valence-corrected chi connectivity index (χ3v) is 3.24. The Hall–Kier alpha value is -0.720. The van der Waals surface area contributed by atoms with Crippen LogP contribution in [0.4, 0.5) is 0 Å². The van der Waals surface area contributed by atoms with Crippen LogP contribution in [0.3, 0.4) is 0 Å². The Morgan fingerprint density at radius 1 is 1.38 bits per heavy atom. The molecule has 6 heteroatoms. The van der Waals surface area contributed by atoms with E-state index in [4.69, 9.17) is 0 Å². The van der Waals surface area contributed by atoms with Crippen LogP contribution in [0.5, 0.6) is 0 Å². The molecule has 1 N–H and O–H groups in total. The molecular weight excluding hydrogens is 336 g/mol. The van der Waals surface area contributed by atoms with Crippen LogP contribution in [-0.2, 0) is 6.54 Å². The van der Waals surface area contributed by atoms with Crippen LogP contribution in [0.1, 0.15) is 5.69 Å². The minimum Gasteiger partial charge on any atom is -0.314 e. The van der Waals surface area contributed by atoms with Crippen LogP contribution in [-0.4, -0.2) is 22.0 Å². The first-order chi connectivity index (χ1) is 7.72. The quantitative estimate of drug-likeness (QED) is 0.929. The number of nitrogens with zero attached hydrogens (tertiary/aromatic N) is 3. The molecule has 84 valence electrons. The van der Waals surface area contributed by atoms with Gasteiger partial charge in [0.1, 0.15) is 0 Å². The van der Waals surface area contributed by atoms with Crippen molar-refractivity contribution in [3.63, 3.8) is 0 Å². The Morgan fingerprint density at radius 2 is 2.19 bits per heavy atom. The third-order valence-electron chi connectivity index (χ3n) is 2.12. The Bertz CT molecular complexity index is 495. The van der Waals surface area contributed by atoms with Gasteiger partial charge in [0.15, 0.2) is 0 Å². The molecule has 4 nitrogen and oxygen atoms in total. The van der Waals surface area contributed by atoms with Gasteiger partial charge in [0.05, 0.1) is 17.6 Å². The molecule has 0 atom stereocenters. The standard InChI is InChI=1S/C10H10Br2N4/c1-13-5-8-6-14-15-16(8)10-3-2-7(11)4-9(10)12/h2-4,6,13H,5H2,1H3. The molecule has 2 aromatic rings. The lowest BCUT2D eigenvalue weighted by Crippen LogP contribution is -2.11. The molecule has 0 amide bonds. The van der Waals surface area contributed by atoms with Crippen LogP contribution in [0.15, 0.2) is 33.3 Å². The fourth-order valence-electron chi connectivity index (χ4n) is 1.41. The van der Waals surface area contributed by atoms with Gasteiger partial charge >= 0.3 is 0 Å². The first-order valence-electron chi connectivity index (χ1n) is 4.72. The zero-order chi connectivity index (χ0) is 11.5. The minimum absolute atomic E-state index is 0.732. The van der Waals surface area contributed by atoms with Crippen molar-refractivity contribution in [2.24, 2.45) is 0 Å². The molecular formula is C10H10Br2N4. The summed E-state index contributed by atoms with van der Waals surface area (Å²) in [5.74, 6) is 0. The highest BCUT2D eigenvalue weighted by molar-refractivity contribution is 9.11. The molecule has 1 aromatic carbocycles. The summed E-state index contributed by atoms with van der Waals surface area (Å²) in [6, 6.07) is 5.95. The molecule has 0 aliphatic heterocycles. The van der Waals surface area contributed by atoms with Crippen molar-refractivity contribution in [1.82, 2.24) is 20.3 Å². The lowest BCUT2D eigenvalue weighted by atomic mass is 10.3. The van der Waals surface area contributed by atoms with Gasteiger partial charge in [0, 0.05) is 15.5 Å². The van der Waals surface area contributed by atoms with Crippen molar-refractivity contribution in [1.29, 1.82) is 0 Å². The van der Waals surface area contributed by atoms with Crippen LogP contribution >= 0.6 is 31.9 Å². The highest BCUT2D eigenvalue weighted by Gasteiger charge is 2.08. The van der Waals surface area contributed by atoms with Gasteiger partial charge in [-0.05, 0) is 41.2 Å². The Balaban J connectivity index is 2.46. The monoisotopic (exact) mass is 344 g/mol. The molecule has 0 unspecified atom stereocenters. The smallest absolute Gasteiger partial charge is 0.0810 e. The highest BCUT2D eigenvalue weighted by atomic mass is 79.9. The maximum atomic E-state index is 4.08. The van der Waals surface area contributed by atoms with E-state index in [9.17, 15) is 0 Å². The summed E-state index contributed by atoms with van der Waals surface area (Å²) in [7, 11) is 1.90. The van der Waals surface area contributed by atoms with Crippen molar-refractivity contribution < 1.29 is 0 Å². The molecule has 1 aromatic heterocycles. The first-order valence-corrected chi connectivity index (χ1v) is 6.30. The van der Waals surface area contributed by atoms with E-state index in [1.54, 1.807) is 6.20 Å². The van der Waals surface area contributed by atoms with Gasteiger partial charge in [-0.1, -0.05) is 21.1 Å². The van der Waals surface area contributed by atoms with Crippen molar-refractivity contribution >= 4 is 31.9 Å². The summed E-state index contributed by atoms with van der Waals surface area (Å²) in [6.07, 6.45) is 1.75. The van der Waals surface area contributed by atoms with Gasteiger partial charge in [-0.2, -0.15) is 0 Å². The predicted octanol–water partition coefficient (Wildman–Crippen LogP) is 2.51. The third kappa shape index (κ3) is 2.34. The largest absolute Gasteiger partial charge is 0.314 e.